The SMILES string of the molecule is CCOC(=O)CC1(C(=O)OCC)CCC=[N+]1[O-]. The summed E-state index contributed by atoms with van der Waals surface area (Å²) in [7, 11) is 0. The Balaban J connectivity index is 2.84. The zero-order valence-corrected chi connectivity index (χ0v) is 10.1. The molecule has 0 bridgehead atoms. The molecule has 1 unspecified atom stereocenters. The predicted molar refractivity (Wildman–Crippen MR) is 59.5 cm³/mol. The van der Waals surface area contributed by atoms with E-state index in [4.69, 9.17) is 9.47 Å². The second-order valence-electron chi connectivity index (χ2n) is 3.78. The second kappa shape index (κ2) is 5.65. The summed E-state index contributed by atoms with van der Waals surface area (Å²) in [6.07, 6.45) is 1.84. The molecule has 0 saturated heterocycles. The van der Waals surface area contributed by atoms with Crippen molar-refractivity contribution in [2.24, 2.45) is 0 Å². The molecule has 0 aromatic carbocycles. The van der Waals surface area contributed by atoms with Gasteiger partial charge in [-0.2, -0.15) is 4.74 Å². The lowest BCUT2D eigenvalue weighted by Gasteiger charge is -2.24. The number of esters is 2. The number of hydroxylamine groups is 1. The normalized spacial score (nSPS) is 23.1. The summed E-state index contributed by atoms with van der Waals surface area (Å²) < 4.78 is 10.2. The zero-order chi connectivity index (χ0) is 12.9. The van der Waals surface area contributed by atoms with Gasteiger partial charge in [0.25, 0.3) is 5.54 Å². The van der Waals surface area contributed by atoms with E-state index in [0.29, 0.717) is 11.2 Å². The van der Waals surface area contributed by atoms with Gasteiger partial charge in [0, 0.05) is 12.8 Å². The van der Waals surface area contributed by atoms with E-state index < -0.39 is 17.5 Å². The lowest BCUT2D eigenvalue weighted by molar-refractivity contribution is -0.522. The maximum absolute atomic E-state index is 11.8. The van der Waals surface area contributed by atoms with Crippen molar-refractivity contribution in [2.75, 3.05) is 13.2 Å². The van der Waals surface area contributed by atoms with Gasteiger partial charge in [0.15, 0.2) is 6.21 Å². The van der Waals surface area contributed by atoms with E-state index in [1.54, 1.807) is 13.8 Å². The van der Waals surface area contributed by atoms with Crippen LogP contribution in [0.25, 0.3) is 0 Å². The van der Waals surface area contributed by atoms with E-state index in [9.17, 15) is 14.8 Å². The molecule has 0 amide bonds. The Labute approximate surface area is 99.8 Å². The topological polar surface area (TPSA) is 78.7 Å². The smallest absolute Gasteiger partial charge is 0.380 e. The van der Waals surface area contributed by atoms with Crippen LogP contribution in [0.15, 0.2) is 0 Å². The van der Waals surface area contributed by atoms with Gasteiger partial charge in [-0.25, -0.2) is 4.79 Å². The van der Waals surface area contributed by atoms with Crippen molar-refractivity contribution < 1.29 is 23.8 Å². The molecule has 0 spiro atoms. The van der Waals surface area contributed by atoms with Crippen LogP contribution in [0.3, 0.4) is 0 Å². The number of carbonyl (C=O) groups is 2. The Morgan fingerprint density at radius 3 is 2.47 bits per heavy atom. The number of nitrogens with zero attached hydrogens (tertiary/aromatic N) is 1. The van der Waals surface area contributed by atoms with Gasteiger partial charge >= 0.3 is 11.9 Å². The summed E-state index contributed by atoms with van der Waals surface area (Å²) in [5.41, 5.74) is -1.43. The van der Waals surface area contributed by atoms with E-state index in [1.165, 1.54) is 6.21 Å². The fourth-order valence-electron chi connectivity index (χ4n) is 1.85. The molecule has 6 heteroatoms. The first-order valence-electron chi connectivity index (χ1n) is 5.69. The number of rotatable bonds is 5. The molecule has 0 aromatic heterocycles. The summed E-state index contributed by atoms with van der Waals surface area (Å²) in [5.74, 6) is -1.21. The van der Waals surface area contributed by atoms with Crippen molar-refractivity contribution in [2.45, 2.75) is 38.6 Å². The predicted octanol–water partition coefficient (Wildman–Crippen LogP) is 0.616. The van der Waals surface area contributed by atoms with Crippen LogP contribution in [-0.2, 0) is 19.1 Å². The van der Waals surface area contributed by atoms with Gasteiger partial charge in [-0.15, -0.1) is 0 Å². The van der Waals surface area contributed by atoms with Crippen LogP contribution in [0, 0.1) is 5.21 Å². The summed E-state index contributed by atoms with van der Waals surface area (Å²) in [5, 5.41) is 11.7. The first-order chi connectivity index (χ1) is 8.06. The van der Waals surface area contributed by atoms with E-state index in [-0.39, 0.29) is 26.1 Å². The summed E-state index contributed by atoms with van der Waals surface area (Å²) >= 11 is 0. The molecule has 96 valence electrons. The number of hydrogen-bond donors (Lipinski definition) is 0. The molecular weight excluding hydrogens is 226 g/mol. The molecule has 0 aliphatic carbocycles. The van der Waals surface area contributed by atoms with E-state index >= 15 is 0 Å². The lowest BCUT2D eigenvalue weighted by atomic mass is 9.93. The molecule has 0 radical (unpaired) electrons. The molecule has 1 aliphatic rings. The van der Waals surface area contributed by atoms with Gasteiger partial charge in [0.2, 0.25) is 0 Å². The fourth-order valence-corrected chi connectivity index (χ4v) is 1.85. The third-order valence-electron chi connectivity index (χ3n) is 2.67. The maximum Gasteiger partial charge on any atom is 0.380 e. The number of hydrogen-bond acceptors (Lipinski definition) is 5. The third-order valence-corrected chi connectivity index (χ3v) is 2.67. The molecule has 0 fully saturated rings. The molecule has 1 atom stereocenters. The first kappa shape index (κ1) is 13.5. The molecule has 1 aliphatic heterocycles. The number of ether oxygens (including phenoxy) is 2. The highest BCUT2D eigenvalue weighted by atomic mass is 16.6. The van der Waals surface area contributed by atoms with Crippen LogP contribution in [0.2, 0.25) is 0 Å². The molecule has 6 nitrogen and oxygen atoms in total. The lowest BCUT2D eigenvalue weighted by Crippen LogP contribution is -2.47. The molecule has 0 saturated carbocycles. The van der Waals surface area contributed by atoms with Gasteiger partial charge < -0.3 is 14.7 Å². The van der Waals surface area contributed by atoms with Crippen LogP contribution >= 0.6 is 0 Å². The van der Waals surface area contributed by atoms with Crippen molar-refractivity contribution in [1.29, 1.82) is 0 Å². The van der Waals surface area contributed by atoms with Crippen LogP contribution in [0.4, 0.5) is 0 Å². The number of carbonyl (C=O) groups excluding carboxylic acids is 2. The second-order valence-corrected chi connectivity index (χ2v) is 3.78. The standard InChI is InChI=1S/C11H17NO5/c1-3-16-9(13)8-11(10(14)17-4-2)6-5-7-12(11)15/h7H,3-6,8H2,1-2H3. The molecule has 1 heterocycles. The first-order valence-corrected chi connectivity index (χ1v) is 5.69. The maximum atomic E-state index is 11.8. The summed E-state index contributed by atoms with van der Waals surface area (Å²) in [6, 6.07) is 0. The quantitative estimate of drug-likeness (QED) is 0.401. The highest BCUT2D eigenvalue weighted by molar-refractivity contribution is 5.87. The van der Waals surface area contributed by atoms with Crippen molar-refractivity contribution in [3.8, 4) is 0 Å². The van der Waals surface area contributed by atoms with Crippen molar-refractivity contribution in [1.82, 2.24) is 0 Å². The molecular formula is C11H17NO5. The van der Waals surface area contributed by atoms with Gasteiger partial charge in [-0.05, 0) is 13.8 Å². The highest BCUT2D eigenvalue weighted by Gasteiger charge is 2.53. The minimum Gasteiger partial charge on any atom is -0.623 e. The Bertz CT molecular complexity index is 339. The Morgan fingerprint density at radius 1 is 1.35 bits per heavy atom. The zero-order valence-electron chi connectivity index (χ0n) is 10.1. The Morgan fingerprint density at radius 2 is 2.00 bits per heavy atom. The fraction of sp³-hybridized carbons (Fsp3) is 0.727. The Kier molecular flexibility index (Phi) is 4.48. The van der Waals surface area contributed by atoms with Gasteiger partial charge in [0.05, 0.1) is 13.2 Å². The monoisotopic (exact) mass is 243 g/mol. The van der Waals surface area contributed by atoms with E-state index in [0.717, 1.165) is 0 Å². The summed E-state index contributed by atoms with van der Waals surface area (Å²) in [6.45, 7) is 3.73. The van der Waals surface area contributed by atoms with Gasteiger partial charge in [0.1, 0.15) is 6.42 Å². The average Bonchev–Trinajstić information content (AvgIpc) is 2.62. The minimum absolute atomic E-state index is 0.178. The highest BCUT2D eigenvalue weighted by Crippen LogP contribution is 2.28. The van der Waals surface area contributed by atoms with Gasteiger partial charge in [-0.3, -0.25) is 4.79 Å². The van der Waals surface area contributed by atoms with Crippen molar-refractivity contribution >= 4 is 18.2 Å². The van der Waals surface area contributed by atoms with E-state index in [1.807, 2.05) is 0 Å². The molecule has 17 heavy (non-hydrogen) atoms. The van der Waals surface area contributed by atoms with E-state index in [2.05, 4.69) is 0 Å². The van der Waals surface area contributed by atoms with Crippen molar-refractivity contribution in [3.05, 3.63) is 5.21 Å². The van der Waals surface area contributed by atoms with Crippen LogP contribution in [0.1, 0.15) is 33.1 Å². The average molecular weight is 243 g/mol. The van der Waals surface area contributed by atoms with Gasteiger partial charge in [-0.1, -0.05) is 0 Å². The molecule has 1 rings (SSSR count). The van der Waals surface area contributed by atoms with Crippen LogP contribution < -0.4 is 0 Å². The summed E-state index contributed by atoms with van der Waals surface area (Å²) in [4.78, 5) is 23.3. The van der Waals surface area contributed by atoms with Crippen LogP contribution in [0.5, 0.6) is 0 Å². The van der Waals surface area contributed by atoms with Crippen molar-refractivity contribution in [3.63, 3.8) is 0 Å². The minimum atomic E-state index is -1.43. The Hall–Kier alpha value is -1.59. The van der Waals surface area contributed by atoms with Crippen LogP contribution in [-0.4, -0.2) is 41.6 Å². The third kappa shape index (κ3) is 2.75. The largest absolute Gasteiger partial charge is 0.623 e. The molecule has 0 aromatic rings. The molecule has 0 N–H and O–H groups in total.